The van der Waals surface area contributed by atoms with Crippen molar-refractivity contribution < 1.29 is 17.6 Å². The Hall–Kier alpha value is -4.89. The summed E-state index contributed by atoms with van der Waals surface area (Å²) in [6, 6.07) is 24.8. The van der Waals surface area contributed by atoms with Gasteiger partial charge >= 0.3 is 0 Å². The van der Waals surface area contributed by atoms with Crippen molar-refractivity contribution in [3.8, 4) is 33.7 Å². The Labute approximate surface area is 237 Å². The molecular formula is C32H28N4O4S. The quantitative estimate of drug-likeness (QED) is 0.262. The van der Waals surface area contributed by atoms with Gasteiger partial charge in [-0.2, -0.15) is 0 Å². The number of aromatic nitrogens is 2. The van der Waals surface area contributed by atoms with Gasteiger partial charge in [-0.25, -0.2) is 13.4 Å². The van der Waals surface area contributed by atoms with Gasteiger partial charge < -0.3 is 14.1 Å². The predicted molar refractivity (Wildman–Crippen MR) is 163 cm³/mol. The van der Waals surface area contributed by atoms with Gasteiger partial charge in [-0.3, -0.25) is 9.10 Å². The molecule has 0 saturated carbocycles. The average Bonchev–Trinajstić information content (AvgIpc) is 3.57. The molecule has 1 amide bonds. The Balaban J connectivity index is 1.61. The number of anilines is 1. The number of carbonyl (C=O) groups excluding carboxylic acids is 1. The lowest BCUT2D eigenvalue weighted by Gasteiger charge is -2.21. The van der Waals surface area contributed by atoms with Crippen LogP contribution in [0.4, 0.5) is 5.69 Å². The van der Waals surface area contributed by atoms with Gasteiger partial charge in [0.25, 0.3) is 5.91 Å². The highest BCUT2D eigenvalue weighted by atomic mass is 32.2. The number of fused-ring (bicyclic) bond motifs is 2. The number of pyridine rings is 1. The third-order valence-corrected chi connectivity index (χ3v) is 8.44. The first kappa shape index (κ1) is 26.3. The molecule has 41 heavy (non-hydrogen) atoms. The highest BCUT2D eigenvalue weighted by Crippen LogP contribution is 2.42. The second-order valence-electron chi connectivity index (χ2n) is 10.0. The van der Waals surface area contributed by atoms with Crippen LogP contribution in [0.2, 0.25) is 0 Å². The number of sulfonamides is 1. The lowest BCUT2D eigenvalue weighted by Crippen LogP contribution is -2.25. The molecule has 6 aromatic rings. The smallest absolute Gasteiger partial charge is 0.255 e. The average molecular weight is 565 g/mol. The first-order chi connectivity index (χ1) is 19.6. The van der Waals surface area contributed by atoms with Crippen molar-refractivity contribution in [2.45, 2.75) is 6.92 Å². The number of imidazole rings is 1. The van der Waals surface area contributed by atoms with E-state index in [-0.39, 0.29) is 5.91 Å². The number of aryl methyl sites for hydroxylation is 1. The van der Waals surface area contributed by atoms with Gasteiger partial charge in [-0.15, -0.1) is 0 Å². The number of hydrogen-bond donors (Lipinski definition) is 1. The van der Waals surface area contributed by atoms with E-state index in [0.717, 1.165) is 39.9 Å². The van der Waals surface area contributed by atoms with Crippen LogP contribution < -0.4 is 9.62 Å². The van der Waals surface area contributed by atoms with Crippen molar-refractivity contribution in [3.05, 3.63) is 102 Å². The zero-order chi connectivity index (χ0) is 28.9. The molecule has 9 heteroatoms. The van der Waals surface area contributed by atoms with E-state index in [0.29, 0.717) is 33.5 Å². The standard InChI is InChI=1S/C32H28N4O4S/c1-20-11-13-21(14-12-20)31-30(32(37)33-2)25-17-24(27(18-28(25)40-31)35(3)41(4,38)39)22-8-7-9-23(16-22)26-19-36-15-6-5-10-29(36)34-26/h5-19H,1-4H3,(H,33,37). The fraction of sp³-hybridized carbons (Fsp3) is 0.125. The highest BCUT2D eigenvalue weighted by Gasteiger charge is 2.26. The summed E-state index contributed by atoms with van der Waals surface area (Å²) in [6.45, 7) is 1.99. The van der Waals surface area contributed by atoms with E-state index in [1.54, 1.807) is 13.1 Å². The number of furan rings is 1. The number of carbonyl (C=O) groups is 1. The van der Waals surface area contributed by atoms with Gasteiger partial charge in [0.15, 0.2) is 0 Å². The molecule has 8 nitrogen and oxygen atoms in total. The number of benzene rings is 3. The van der Waals surface area contributed by atoms with Crippen LogP contribution in [-0.2, 0) is 10.0 Å². The van der Waals surface area contributed by atoms with Gasteiger partial charge in [-0.1, -0.05) is 54.1 Å². The summed E-state index contributed by atoms with van der Waals surface area (Å²) in [5, 5.41) is 3.31. The molecule has 6 rings (SSSR count). The Morgan fingerprint density at radius 2 is 1.71 bits per heavy atom. The summed E-state index contributed by atoms with van der Waals surface area (Å²) in [5.74, 6) is 0.121. The molecule has 0 saturated heterocycles. The number of amides is 1. The fourth-order valence-electron chi connectivity index (χ4n) is 4.98. The summed E-state index contributed by atoms with van der Waals surface area (Å²) >= 11 is 0. The summed E-state index contributed by atoms with van der Waals surface area (Å²) in [7, 11) is -0.535. The van der Waals surface area contributed by atoms with Crippen molar-refractivity contribution >= 4 is 38.2 Å². The van der Waals surface area contributed by atoms with E-state index in [9.17, 15) is 13.2 Å². The maximum atomic E-state index is 13.2. The molecule has 206 valence electrons. The molecule has 0 bridgehead atoms. The van der Waals surface area contributed by atoms with Crippen LogP contribution in [0, 0.1) is 6.92 Å². The maximum Gasteiger partial charge on any atom is 0.255 e. The molecule has 0 aliphatic heterocycles. The third-order valence-electron chi connectivity index (χ3n) is 7.24. The largest absolute Gasteiger partial charge is 0.455 e. The Kier molecular flexibility index (Phi) is 6.38. The minimum Gasteiger partial charge on any atom is -0.455 e. The minimum atomic E-state index is -3.62. The van der Waals surface area contributed by atoms with Crippen molar-refractivity contribution in [2.24, 2.45) is 0 Å². The molecular weight excluding hydrogens is 536 g/mol. The number of nitrogens with one attached hydrogen (secondary N) is 1. The Morgan fingerprint density at radius 3 is 2.41 bits per heavy atom. The molecule has 0 aliphatic carbocycles. The van der Waals surface area contributed by atoms with Crippen molar-refractivity contribution in [3.63, 3.8) is 0 Å². The van der Waals surface area contributed by atoms with Crippen LogP contribution in [0.15, 0.2) is 95.7 Å². The van der Waals surface area contributed by atoms with Gasteiger partial charge in [0.1, 0.15) is 17.0 Å². The summed E-state index contributed by atoms with van der Waals surface area (Å²) in [4.78, 5) is 18.0. The lowest BCUT2D eigenvalue weighted by atomic mass is 9.97. The lowest BCUT2D eigenvalue weighted by molar-refractivity contribution is 0.0964. The topological polar surface area (TPSA) is 96.9 Å². The molecule has 3 aromatic carbocycles. The van der Waals surface area contributed by atoms with E-state index < -0.39 is 10.0 Å². The van der Waals surface area contributed by atoms with E-state index in [1.807, 2.05) is 96.5 Å². The number of hydrogen-bond acceptors (Lipinski definition) is 5. The van der Waals surface area contributed by atoms with E-state index in [2.05, 4.69) is 5.32 Å². The second kappa shape index (κ2) is 9.94. The molecule has 0 spiro atoms. The van der Waals surface area contributed by atoms with Gasteiger partial charge in [0.05, 0.1) is 23.2 Å². The van der Waals surface area contributed by atoms with E-state index >= 15 is 0 Å². The van der Waals surface area contributed by atoms with Crippen LogP contribution >= 0.6 is 0 Å². The normalized spacial score (nSPS) is 11.7. The molecule has 1 N–H and O–H groups in total. The predicted octanol–water partition coefficient (Wildman–Crippen LogP) is 6.15. The summed E-state index contributed by atoms with van der Waals surface area (Å²) in [6.07, 6.45) is 5.05. The Bertz CT molecular complexity index is 2020. The van der Waals surface area contributed by atoms with Gasteiger partial charge in [-0.05, 0) is 36.8 Å². The van der Waals surface area contributed by atoms with Gasteiger partial charge in [0.2, 0.25) is 10.0 Å². The molecule has 0 fully saturated rings. The molecule has 0 unspecified atom stereocenters. The first-order valence-electron chi connectivity index (χ1n) is 13.0. The van der Waals surface area contributed by atoms with Crippen LogP contribution in [0.1, 0.15) is 15.9 Å². The minimum absolute atomic E-state index is 0.298. The van der Waals surface area contributed by atoms with E-state index in [1.165, 1.54) is 11.4 Å². The van der Waals surface area contributed by atoms with Crippen LogP contribution in [0.5, 0.6) is 0 Å². The zero-order valence-corrected chi connectivity index (χ0v) is 23.9. The van der Waals surface area contributed by atoms with Crippen molar-refractivity contribution in [1.82, 2.24) is 14.7 Å². The molecule has 0 atom stereocenters. The fourth-order valence-corrected chi connectivity index (χ4v) is 5.49. The maximum absolute atomic E-state index is 13.2. The molecule has 3 aromatic heterocycles. The monoisotopic (exact) mass is 564 g/mol. The SMILES string of the molecule is CNC(=O)c1c(-c2ccc(C)cc2)oc2cc(N(C)S(C)(=O)=O)c(-c3cccc(-c4cn5ccccc5n4)c3)cc12. The molecule has 3 heterocycles. The van der Waals surface area contributed by atoms with Crippen LogP contribution in [0.3, 0.4) is 0 Å². The second-order valence-corrected chi connectivity index (χ2v) is 12.0. The van der Waals surface area contributed by atoms with Crippen molar-refractivity contribution in [1.29, 1.82) is 0 Å². The summed E-state index contributed by atoms with van der Waals surface area (Å²) < 4.78 is 34.9. The molecule has 0 radical (unpaired) electrons. The summed E-state index contributed by atoms with van der Waals surface area (Å²) in [5.41, 5.74) is 6.94. The van der Waals surface area contributed by atoms with Gasteiger partial charge in [0, 0.05) is 54.6 Å². The van der Waals surface area contributed by atoms with Crippen LogP contribution in [-0.4, -0.2) is 44.1 Å². The third kappa shape index (κ3) is 4.74. The molecule has 0 aliphatic rings. The van der Waals surface area contributed by atoms with E-state index in [4.69, 9.17) is 9.40 Å². The van der Waals surface area contributed by atoms with Crippen molar-refractivity contribution in [2.75, 3.05) is 24.7 Å². The Morgan fingerprint density at radius 1 is 0.951 bits per heavy atom. The number of rotatable bonds is 6. The number of nitrogens with zero attached hydrogens (tertiary/aromatic N) is 3. The van der Waals surface area contributed by atoms with Crippen LogP contribution in [0.25, 0.3) is 50.3 Å². The first-order valence-corrected chi connectivity index (χ1v) is 14.9. The zero-order valence-electron chi connectivity index (χ0n) is 23.0. The highest BCUT2D eigenvalue weighted by molar-refractivity contribution is 7.92.